The van der Waals surface area contributed by atoms with Gasteiger partial charge in [-0.25, -0.2) is 0 Å². The lowest BCUT2D eigenvalue weighted by atomic mass is 10.2. The first kappa shape index (κ1) is 17.8. The number of carbonyl (C=O) groups excluding carboxylic acids is 1. The van der Waals surface area contributed by atoms with Crippen LogP contribution in [0.15, 0.2) is 39.4 Å². The van der Waals surface area contributed by atoms with E-state index in [-0.39, 0.29) is 12.0 Å². The molecule has 1 atom stereocenters. The molecule has 0 spiro atoms. The highest BCUT2D eigenvalue weighted by Crippen LogP contribution is 2.16. The van der Waals surface area contributed by atoms with E-state index in [0.717, 1.165) is 43.3 Å². The van der Waals surface area contributed by atoms with Gasteiger partial charge in [0.15, 0.2) is 0 Å². The van der Waals surface area contributed by atoms with E-state index in [2.05, 4.69) is 4.90 Å². The van der Waals surface area contributed by atoms with Gasteiger partial charge in [-0.3, -0.25) is 9.69 Å². The van der Waals surface area contributed by atoms with E-state index in [0.29, 0.717) is 19.6 Å². The molecule has 0 aliphatic carbocycles. The van der Waals surface area contributed by atoms with Crippen molar-refractivity contribution in [3.63, 3.8) is 0 Å². The van der Waals surface area contributed by atoms with Crippen LogP contribution >= 0.6 is 0 Å². The Bertz CT molecular complexity index is 659. The summed E-state index contributed by atoms with van der Waals surface area (Å²) in [6.07, 6.45) is 3.99. The molecule has 136 valence electrons. The average Bonchev–Trinajstić information content (AvgIpc) is 3.31. The minimum Gasteiger partial charge on any atom is -0.468 e. The Hall–Kier alpha value is -2.05. The van der Waals surface area contributed by atoms with E-state index >= 15 is 0 Å². The van der Waals surface area contributed by atoms with Gasteiger partial charge < -0.3 is 18.5 Å². The highest BCUT2D eigenvalue weighted by molar-refractivity contribution is 5.77. The molecule has 2 aromatic rings. The molecular weight excluding hydrogens is 320 g/mol. The molecule has 1 amide bonds. The Balaban J connectivity index is 1.58. The SMILES string of the molecule is Cc1ccc(CN(C)C(=O)CN(Cc2ccco2)CC2CCCO2)o1. The van der Waals surface area contributed by atoms with Gasteiger partial charge in [0.25, 0.3) is 0 Å². The molecule has 1 saturated heterocycles. The topological polar surface area (TPSA) is 59.1 Å². The number of ether oxygens (including phenoxy) is 1. The Kier molecular flexibility index (Phi) is 5.94. The van der Waals surface area contributed by atoms with Crippen LogP contribution in [0.1, 0.15) is 30.1 Å². The van der Waals surface area contributed by atoms with Gasteiger partial charge in [-0.2, -0.15) is 0 Å². The monoisotopic (exact) mass is 346 g/mol. The third-order valence-corrected chi connectivity index (χ3v) is 4.42. The molecule has 6 nitrogen and oxygen atoms in total. The van der Waals surface area contributed by atoms with E-state index < -0.39 is 0 Å². The summed E-state index contributed by atoms with van der Waals surface area (Å²) in [5, 5.41) is 0. The molecular formula is C19H26N2O4. The maximum atomic E-state index is 12.6. The van der Waals surface area contributed by atoms with Gasteiger partial charge >= 0.3 is 0 Å². The van der Waals surface area contributed by atoms with Crippen LogP contribution in [-0.2, 0) is 22.6 Å². The van der Waals surface area contributed by atoms with Crippen molar-refractivity contribution in [1.29, 1.82) is 0 Å². The molecule has 0 N–H and O–H groups in total. The average molecular weight is 346 g/mol. The van der Waals surface area contributed by atoms with Crippen molar-refractivity contribution in [2.75, 3.05) is 26.7 Å². The summed E-state index contributed by atoms with van der Waals surface area (Å²) in [6.45, 7) is 4.85. The van der Waals surface area contributed by atoms with Crippen LogP contribution in [0, 0.1) is 6.92 Å². The Labute approximate surface area is 148 Å². The van der Waals surface area contributed by atoms with Gasteiger partial charge in [0.2, 0.25) is 5.91 Å². The quantitative estimate of drug-likeness (QED) is 0.736. The lowest BCUT2D eigenvalue weighted by Gasteiger charge is -2.26. The second-order valence-electron chi connectivity index (χ2n) is 6.65. The minimum atomic E-state index is 0.0543. The van der Waals surface area contributed by atoms with Crippen molar-refractivity contribution in [2.24, 2.45) is 0 Å². The number of amides is 1. The van der Waals surface area contributed by atoms with Crippen molar-refractivity contribution in [2.45, 2.75) is 39.0 Å². The Morgan fingerprint density at radius 2 is 2.12 bits per heavy atom. The second-order valence-corrected chi connectivity index (χ2v) is 6.65. The van der Waals surface area contributed by atoms with Crippen LogP contribution in [0.25, 0.3) is 0 Å². The number of rotatable bonds is 8. The largest absolute Gasteiger partial charge is 0.468 e. The van der Waals surface area contributed by atoms with Crippen LogP contribution in [-0.4, -0.2) is 48.6 Å². The van der Waals surface area contributed by atoms with Gasteiger partial charge in [-0.1, -0.05) is 0 Å². The lowest BCUT2D eigenvalue weighted by molar-refractivity contribution is -0.132. The zero-order valence-electron chi connectivity index (χ0n) is 14.9. The van der Waals surface area contributed by atoms with Crippen LogP contribution in [0.4, 0.5) is 0 Å². The third kappa shape index (κ3) is 5.21. The summed E-state index contributed by atoms with van der Waals surface area (Å²) in [7, 11) is 1.80. The first-order chi connectivity index (χ1) is 12.1. The van der Waals surface area contributed by atoms with E-state index in [1.165, 1.54) is 0 Å². The second kappa shape index (κ2) is 8.36. The number of likely N-dealkylation sites (N-methyl/N-ethyl adjacent to an activating group) is 1. The number of nitrogens with zero attached hydrogens (tertiary/aromatic N) is 2. The predicted octanol–water partition coefficient (Wildman–Crippen LogP) is 2.82. The standard InChI is InChI=1S/C19H26N2O4/c1-15-7-8-18(25-15)11-20(2)19(22)14-21(12-16-5-3-9-23-16)13-17-6-4-10-24-17/h3,5,7-9,17H,4,6,10-14H2,1-2H3. The smallest absolute Gasteiger partial charge is 0.236 e. The molecule has 1 aliphatic heterocycles. The predicted molar refractivity (Wildman–Crippen MR) is 92.9 cm³/mol. The minimum absolute atomic E-state index is 0.0543. The van der Waals surface area contributed by atoms with Gasteiger partial charge in [0.1, 0.15) is 17.3 Å². The number of hydrogen-bond donors (Lipinski definition) is 0. The van der Waals surface area contributed by atoms with Crippen molar-refractivity contribution in [3.8, 4) is 0 Å². The number of furan rings is 2. The van der Waals surface area contributed by atoms with Crippen LogP contribution in [0.3, 0.4) is 0 Å². The molecule has 1 fully saturated rings. The third-order valence-electron chi connectivity index (χ3n) is 4.42. The fourth-order valence-electron chi connectivity index (χ4n) is 3.09. The van der Waals surface area contributed by atoms with Gasteiger partial charge in [-0.05, 0) is 44.0 Å². The molecule has 25 heavy (non-hydrogen) atoms. The molecule has 2 aromatic heterocycles. The summed E-state index contributed by atoms with van der Waals surface area (Å²) in [5.74, 6) is 2.56. The molecule has 0 radical (unpaired) electrons. The summed E-state index contributed by atoms with van der Waals surface area (Å²) in [4.78, 5) is 16.4. The summed E-state index contributed by atoms with van der Waals surface area (Å²) in [6, 6.07) is 7.62. The molecule has 3 rings (SSSR count). The van der Waals surface area contributed by atoms with Crippen LogP contribution in [0.5, 0.6) is 0 Å². The van der Waals surface area contributed by atoms with E-state index in [1.807, 2.05) is 31.2 Å². The molecule has 3 heterocycles. The summed E-state index contributed by atoms with van der Waals surface area (Å²) < 4.78 is 16.7. The van der Waals surface area contributed by atoms with Crippen molar-refractivity contribution >= 4 is 5.91 Å². The Morgan fingerprint density at radius 1 is 1.24 bits per heavy atom. The number of aryl methyl sites for hydroxylation is 1. The van der Waals surface area contributed by atoms with E-state index in [9.17, 15) is 4.79 Å². The summed E-state index contributed by atoms with van der Waals surface area (Å²) in [5.41, 5.74) is 0. The fraction of sp³-hybridized carbons (Fsp3) is 0.526. The van der Waals surface area contributed by atoms with Crippen molar-refractivity contribution in [1.82, 2.24) is 9.80 Å². The maximum Gasteiger partial charge on any atom is 0.236 e. The van der Waals surface area contributed by atoms with Crippen LogP contribution < -0.4 is 0 Å². The lowest BCUT2D eigenvalue weighted by Crippen LogP contribution is -2.40. The van der Waals surface area contributed by atoms with E-state index in [1.54, 1.807) is 18.2 Å². The molecule has 1 aliphatic rings. The first-order valence-corrected chi connectivity index (χ1v) is 8.76. The molecule has 6 heteroatoms. The van der Waals surface area contributed by atoms with Crippen LogP contribution in [0.2, 0.25) is 0 Å². The zero-order valence-corrected chi connectivity index (χ0v) is 14.9. The van der Waals surface area contributed by atoms with Crippen molar-refractivity contribution < 1.29 is 18.4 Å². The molecule has 0 saturated carbocycles. The van der Waals surface area contributed by atoms with E-state index in [4.69, 9.17) is 13.6 Å². The van der Waals surface area contributed by atoms with Gasteiger partial charge in [-0.15, -0.1) is 0 Å². The molecule has 0 bridgehead atoms. The normalized spacial score (nSPS) is 17.3. The molecule has 0 aromatic carbocycles. The highest BCUT2D eigenvalue weighted by atomic mass is 16.5. The highest BCUT2D eigenvalue weighted by Gasteiger charge is 2.23. The van der Waals surface area contributed by atoms with Gasteiger partial charge in [0.05, 0.1) is 32.0 Å². The summed E-state index contributed by atoms with van der Waals surface area (Å²) >= 11 is 0. The fourth-order valence-corrected chi connectivity index (χ4v) is 3.09. The zero-order chi connectivity index (χ0) is 17.6. The maximum absolute atomic E-state index is 12.6. The number of hydrogen-bond acceptors (Lipinski definition) is 5. The Morgan fingerprint density at radius 3 is 2.76 bits per heavy atom. The first-order valence-electron chi connectivity index (χ1n) is 8.76. The van der Waals surface area contributed by atoms with Gasteiger partial charge in [0, 0.05) is 20.2 Å². The molecule has 1 unspecified atom stereocenters. The number of carbonyl (C=O) groups is 1. The van der Waals surface area contributed by atoms with Crippen molar-refractivity contribution in [3.05, 3.63) is 47.8 Å².